The van der Waals surface area contributed by atoms with Crippen LogP contribution in [0.2, 0.25) is 0 Å². The quantitative estimate of drug-likeness (QED) is 0.928. The predicted molar refractivity (Wildman–Crippen MR) is 69.6 cm³/mol. The molecule has 20 heavy (non-hydrogen) atoms. The predicted octanol–water partition coefficient (Wildman–Crippen LogP) is 1.89. The second-order valence-electron chi connectivity index (χ2n) is 4.91. The zero-order valence-corrected chi connectivity index (χ0v) is 11.7. The molecule has 1 N–H and O–H groups in total. The van der Waals surface area contributed by atoms with Crippen LogP contribution in [0.4, 0.5) is 8.78 Å². The van der Waals surface area contributed by atoms with Gasteiger partial charge in [-0.25, -0.2) is 17.2 Å². The maximum absolute atomic E-state index is 13.2. The molecule has 0 saturated carbocycles. The molecule has 1 aliphatic heterocycles. The Morgan fingerprint density at radius 2 is 1.80 bits per heavy atom. The summed E-state index contributed by atoms with van der Waals surface area (Å²) >= 11 is 0. The van der Waals surface area contributed by atoms with E-state index in [4.69, 9.17) is 0 Å². The van der Waals surface area contributed by atoms with E-state index in [0.29, 0.717) is 18.9 Å². The molecule has 1 aliphatic rings. The molecule has 2 rings (SSSR count). The van der Waals surface area contributed by atoms with E-state index in [1.165, 1.54) is 0 Å². The number of halogens is 2. The van der Waals surface area contributed by atoms with Crippen LogP contribution in [0, 0.1) is 11.6 Å². The first kappa shape index (κ1) is 15.3. The highest BCUT2D eigenvalue weighted by Crippen LogP contribution is 2.25. The van der Waals surface area contributed by atoms with E-state index in [1.807, 2.05) is 0 Å². The molecule has 0 amide bonds. The minimum atomic E-state index is -4.00. The average molecular weight is 305 g/mol. The van der Waals surface area contributed by atoms with Gasteiger partial charge in [0.15, 0.2) is 0 Å². The molecule has 0 aromatic heterocycles. The first-order chi connectivity index (χ1) is 9.45. The van der Waals surface area contributed by atoms with Gasteiger partial charge in [0.2, 0.25) is 10.0 Å². The van der Waals surface area contributed by atoms with Crippen LogP contribution < -0.4 is 0 Å². The third kappa shape index (κ3) is 3.16. The average Bonchev–Trinajstić information content (AvgIpc) is 2.62. The normalized spacial score (nSPS) is 21.6. The van der Waals surface area contributed by atoms with E-state index in [-0.39, 0.29) is 13.2 Å². The molecule has 4 nitrogen and oxygen atoms in total. The van der Waals surface area contributed by atoms with Crippen molar-refractivity contribution in [1.29, 1.82) is 0 Å². The maximum atomic E-state index is 13.2. The fourth-order valence-corrected chi connectivity index (χ4v) is 4.19. The number of nitrogens with zero attached hydrogens (tertiary/aromatic N) is 1. The van der Waals surface area contributed by atoms with Crippen molar-refractivity contribution in [2.75, 3.05) is 13.2 Å². The molecule has 1 fully saturated rings. The molecule has 1 aromatic carbocycles. The maximum Gasteiger partial charge on any atom is 0.243 e. The van der Waals surface area contributed by atoms with Crippen molar-refractivity contribution in [3.63, 3.8) is 0 Å². The van der Waals surface area contributed by atoms with Gasteiger partial charge in [0.05, 0.1) is 11.5 Å². The summed E-state index contributed by atoms with van der Waals surface area (Å²) in [7, 11) is -4.00. The molecule has 0 radical (unpaired) electrons. The number of hydrogen-bond donors (Lipinski definition) is 1. The van der Waals surface area contributed by atoms with E-state index in [2.05, 4.69) is 0 Å². The zero-order chi connectivity index (χ0) is 14.8. The first-order valence-electron chi connectivity index (χ1n) is 6.54. The number of rotatable bonds is 3. The SMILES string of the molecule is O=S(=O)(c1cc(F)cc(F)c1)N1CCCCCC1CO. The van der Waals surface area contributed by atoms with Gasteiger partial charge in [-0.2, -0.15) is 4.31 Å². The lowest BCUT2D eigenvalue weighted by atomic mass is 10.1. The van der Waals surface area contributed by atoms with Gasteiger partial charge in [0, 0.05) is 18.7 Å². The molecular formula is C13H17F2NO3S. The molecule has 0 bridgehead atoms. The first-order valence-corrected chi connectivity index (χ1v) is 7.98. The van der Waals surface area contributed by atoms with E-state index >= 15 is 0 Å². The summed E-state index contributed by atoms with van der Waals surface area (Å²) in [6.45, 7) is -0.0390. The fraction of sp³-hybridized carbons (Fsp3) is 0.538. The minimum Gasteiger partial charge on any atom is -0.395 e. The number of benzene rings is 1. The van der Waals surface area contributed by atoms with Crippen LogP contribution in [-0.2, 0) is 10.0 Å². The highest BCUT2D eigenvalue weighted by molar-refractivity contribution is 7.89. The van der Waals surface area contributed by atoms with E-state index < -0.39 is 32.6 Å². The summed E-state index contributed by atoms with van der Waals surface area (Å²) in [5.41, 5.74) is 0. The molecule has 1 unspecified atom stereocenters. The van der Waals surface area contributed by atoms with Gasteiger partial charge in [0.1, 0.15) is 11.6 Å². The Kier molecular flexibility index (Phi) is 4.72. The van der Waals surface area contributed by atoms with E-state index in [9.17, 15) is 22.3 Å². The molecule has 7 heteroatoms. The zero-order valence-electron chi connectivity index (χ0n) is 10.9. The van der Waals surface area contributed by atoms with Gasteiger partial charge in [-0.15, -0.1) is 0 Å². The van der Waals surface area contributed by atoms with Crippen molar-refractivity contribution < 1.29 is 22.3 Å². The Bertz CT molecular complexity index is 557. The van der Waals surface area contributed by atoms with Crippen LogP contribution in [0.3, 0.4) is 0 Å². The summed E-state index contributed by atoms with van der Waals surface area (Å²) in [5.74, 6) is -1.86. The van der Waals surface area contributed by atoms with Gasteiger partial charge in [0.25, 0.3) is 0 Å². The lowest BCUT2D eigenvalue weighted by Gasteiger charge is -2.27. The molecule has 0 aliphatic carbocycles. The van der Waals surface area contributed by atoms with Gasteiger partial charge in [-0.1, -0.05) is 12.8 Å². The van der Waals surface area contributed by atoms with Crippen molar-refractivity contribution >= 4 is 10.0 Å². The Balaban J connectivity index is 2.41. The van der Waals surface area contributed by atoms with Crippen molar-refractivity contribution in [3.8, 4) is 0 Å². The van der Waals surface area contributed by atoms with E-state index in [0.717, 1.165) is 29.3 Å². The van der Waals surface area contributed by atoms with Crippen LogP contribution in [0.5, 0.6) is 0 Å². The standard InChI is InChI=1S/C13H17F2NO3S/c14-10-6-11(15)8-13(7-10)20(18,19)16-5-3-1-2-4-12(16)9-17/h6-8,12,17H,1-5,9H2. The number of hydrogen-bond acceptors (Lipinski definition) is 3. The fourth-order valence-electron chi connectivity index (χ4n) is 2.46. The lowest BCUT2D eigenvalue weighted by molar-refractivity contribution is 0.186. The van der Waals surface area contributed by atoms with Gasteiger partial charge in [-0.3, -0.25) is 0 Å². The van der Waals surface area contributed by atoms with Crippen LogP contribution in [-0.4, -0.2) is 37.0 Å². The number of sulfonamides is 1. The number of aliphatic hydroxyl groups excluding tert-OH is 1. The van der Waals surface area contributed by atoms with Crippen molar-refractivity contribution in [2.24, 2.45) is 0 Å². The topological polar surface area (TPSA) is 57.6 Å². The molecule has 112 valence electrons. The van der Waals surface area contributed by atoms with Crippen molar-refractivity contribution in [3.05, 3.63) is 29.8 Å². The molecule has 1 atom stereocenters. The molecule has 0 spiro atoms. The van der Waals surface area contributed by atoms with Crippen LogP contribution in [0.25, 0.3) is 0 Å². The Morgan fingerprint density at radius 1 is 1.15 bits per heavy atom. The molecule has 1 saturated heterocycles. The molecular weight excluding hydrogens is 288 g/mol. The third-order valence-corrected chi connectivity index (χ3v) is 5.41. The van der Waals surface area contributed by atoms with E-state index in [1.54, 1.807) is 0 Å². The van der Waals surface area contributed by atoms with Crippen molar-refractivity contribution in [2.45, 2.75) is 36.6 Å². The summed E-state index contributed by atoms with van der Waals surface area (Å²) in [5, 5.41) is 9.35. The Hall–Kier alpha value is -1.05. The van der Waals surface area contributed by atoms with Crippen LogP contribution >= 0.6 is 0 Å². The lowest BCUT2D eigenvalue weighted by Crippen LogP contribution is -2.42. The second kappa shape index (κ2) is 6.15. The highest BCUT2D eigenvalue weighted by Gasteiger charge is 2.32. The van der Waals surface area contributed by atoms with Gasteiger partial charge >= 0.3 is 0 Å². The van der Waals surface area contributed by atoms with Gasteiger partial charge in [-0.05, 0) is 25.0 Å². The van der Waals surface area contributed by atoms with Crippen molar-refractivity contribution in [1.82, 2.24) is 4.31 Å². The summed E-state index contributed by atoms with van der Waals surface area (Å²) in [4.78, 5) is -0.407. The monoisotopic (exact) mass is 305 g/mol. The van der Waals surface area contributed by atoms with Crippen LogP contribution in [0.1, 0.15) is 25.7 Å². The minimum absolute atomic E-state index is 0.256. The molecule has 1 aromatic rings. The number of aliphatic hydroxyl groups is 1. The molecule has 1 heterocycles. The van der Waals surface area contributed by atoms with Gasteiger partial charge < -0.3 is 5.11 Å². The second-order valence-corrected chi connectivity index (χ2v) is 6.80. The van der Waals surface area contributed by atoms with Crippen LogP contribution in [0.15, 0.2) is 23.1 Å². The summed E-state index contributed by atoms with van der Waals surface area (Å²) in [6.07, 6.45) is 2.93. The highest BCUT2D eigenvalue weighted by atomic mass is 32.2. The smallest absolute Gasteiger partial charge is 0.243 e. The largest absolute Gasteiger partial charge is 0.395 e. The third-order valence-electron chi connectivity index (χ3n) is 3.48. The summed E-state index contributed by atoms with van der Waals surface area (Å²) in [6, 6.07) is 1.70. The Morgan fingerprint density at radius 3 is 2.40 bits per heavy atom. The summed E-state index contributed by atoms with van der Waals surface area (Å²) < 4.78 is 52.6. The Labute approximate surface area is 117 Å².